The maximum absolute atomic E-state index is 14.5. The molecule has 24 nitrogen and oxygen atoms in total. The standard InChI is InChI=1S/C54H66N6O18.2ClH/c1-6-78-42(61)22-8-7-9-26-60(50(65)37-17-13-21-41(54(72)73)46(37)77-5)33-32-59(29-25-57-49(64)36-16-12-20-40(53(70)71)45(36)76-4)31-30-58(27-23-55-47(62)34-14-10-18-38(51(66)67)43(34)74-2)28-24-56-48(63)35-15-11-19-39(52(68)69)44(35)75-3;;/h10-21H,6-9,22-33H2,1-5H3,(H,55,62)(H,56,63)(H,57,64)(H,66,67)(H,68,69)(H,70,71)(H,72,73);2*1H. The average Bonchev–Trinajstić information content (AvgIpc) is 3.44. The minimum Gasteiger partial charge on any atom is -0.495 e. The topological polar surface area (TPSA) is 327 Å². The van der Waals surface area contributed by atoms with Gasteiger partial charge >= 0.3 is 29.8 Å². The van der Waals surface area contributed by atoms with Gasteiger partial charge in [0.05, 0.1) is 57.3 Å². The number of hydrogen-bond donors (Lipinski definition) is 7. The molecule has 0 fully saturated rings. The molecule has 4 amide bonds. The number of unbranched alkanes of at least 4 members (excludes halogenated alkanes) is 2. The third-order valence-corrected chi connectivity index (χ3v) is 12.2. The van der Waals surface area contributed by atoms with E-state index < -0.39 is 47.5 Å². The average molecular weight is 1160 g/mol. The molecule has 4 aromatic carbocycles. The Balaban J connectivity index is 0.0000109. The summed E-state index contributed by atoms with van der Waals surface area (Å²) in [5.74, 6) is -8.58. The number of rotatable bonds is 34. The first-order valence-electron chi connectivity index (χ1n) is 24.8. The van der Waals surface area contributed by atoms with Gasteiger partial charge in [-0.3, -0.25) is 33.8 Å². The Hall–Kier alpha value is -8.19. The molecule has 0 aliphatic carbocycles. The third-order valence-electron chi connectivity index (χ3n) is 12.2. The highest BCUT2D eigenvalue weighted by molar-refractivity contribution is 6.04. The number of halogens is 2. The fraction of sp³-hybridized carbons (Fsp3) is 0.389. The second-order valence-corrected chi connectivity index (χ2v) is 17.1. The summed E-state index contributed by atoms with van der Waals surface area (Å²) < 4.78 is 26.4. The van der Waals surface area contributed by atoms with Gasteiger partial charge in [-0.25, -0.2) is 19.2 Å². The van der Waals surface area contributed by atoms with Crippen molar-refractivity contribution in [2.45, 2.75) is 32.6 Å². The molecule has 0 bridgehead atoms. The molecule has 0 aliphatic rings. The van der Waals surface area contributed by atoms with Gasteiger partial charge in [0, 0.05) is 78.4 Å². The fourth-order valence-electron chi connectivity index (χ4n) is 8.36. The van der Waals surface area contributed by atoms with Crippen molar-refractivity contribution in [3.63, 3.8) is 0 Å². The summed E-state index contributed by atoms with van der Waals surface area (Å²) in [6.07, 6.45) is 1.63. The maximum atomic E-state index is 14.5. The minimum absolute atomic E-state index is 0. The highest BCUT2D eigenvalue weighted by Crippen LogP contribution is 2.28. The second-order valence-electron chi connectivity index (χ2n) is 17.1. The molecule has 0 aromatic heterocycles. The van der Waals surface area contributed by atoms with Crippen molar-refractivity contribution in [2.24, 2.45) is 0 Å². The van der Waals surface area contributed by atoms with Crippen LogP contribution in [0.4, 0.5) is 0 Å². The number of benzene rings is 4. The van der Waals surface area contributed by atoms with Crippen LogP contribution in [-0.4, -0.2) is 196 Å². The van der Waals surface area contributed by atoms with Gasteiger partial charge in [0.1, 0.15) is 45.3 Å². The number of hydrogen-bond acceptors (Lipinski definition) is 16. The summed E-state index contributed by atoms with van der Waals surface area (Å²) >= 11 is 0. The van der Waals surface area contributed by atoms with Gasteiger partial charge in [-0.1, -0.05) is 30.7 Å². The van der Waals surface area contributed by atoms with Crippen LogP contribution in [-0.2, 0) is 9.53 Å². The van der Waals surface area contributed by atoms with Crippen LogP contribution in [0, 0.1) is 0 Å². The monoisotopic (exact) mass is 1160 g/mol. The number of carbonyl (C=O) groups excluding carboxylic acids is 5. The van der Waals surface area contributed by atoms with E-state index in [0.717, 1.165) is 0 Å². The molecule has 0 radical (unpaired) electrons. The van der Waals surface area contributed by atoms with Crippen molar-refractivity contribution in [3.8, 4) is 23.0 Å². The molecule has 80 heavy (non-hydrogen) atoms. The summed E-state index contributed by atoms with van der Waals surface area (Å²) in [5, 5.41) is 47.4. The first kappa shape index (κ1) is 67.9. The van der Waals surface area contributed by atoms with Crippen molar-refractivity contribution in [1.29, 1.82) is 0 Å². The Labute approximate surface area is 474 Å². The molecule has 26 heteroatoms. The number of nitrogens with one attached hydrogen (secondary N) is 3. The molecular weight excluding hydrogens is 1090 g/mol. The molecule has 0 unspecified atom stereocenters. The van der Waals surface area contributed by atoms with Crippen molar-refractivity contribution in [1.82, 2.24) is 30.7 Å². The molecule has 7 N–H and O–H groups in total. The van der Waals surface area contributed by atoms with E-state index in [4.69, 9.17) is 23.7 Å². The minimum atomic E-state index is -1.31. The Morgan fingerprint density at radius 1 is 0.412 bits per heavy atom. The zero-order valence-electron chi connectivity index (χ0n) is 44.9. The zero-order chi connectivity index (χ0) is 57.3. The molecule has 4 rings (SSSR count). The molecule has 0 atom stereocenters. The predicted molar refractivity (Wildman–Crippen MR) is 295 cm³/mol. The van der Waals surface area contributed by atoms with Gasteiger partial charge in [0.2, 0.25) is 0 Å². The van der Waals surface area contributed by atoms with Crippen LogP contribution in [0.5, 0.6) is 23.0 Å². The number of ether oxygens (including phenoxy) is 5. The smallest absolute Gasteiger partial charge is 0.339 e. The van der Waals surface area contributed by atoms with Crippen molar-refractivity contribution in [2.75, 3.05) is 107 Å². The zero-order valence-corrected chi connectivity index (χ0v) is 46.5. The van der Waals surface area contributed by atoms with Crippen LogP contribution in [0.15, 0.2) is 72.8 Å². The number of amides is 4. The van der Waals surface area contributed by atoms with Crippen LogP contribution >= 0.6 is 24.8 Å². The van der Waals surface area contributed by atoms with Gasteiger partial charge in [-0.2, -0.15) is 0 Å². The third kappa shape index (κ3) is 19.3. The number of carboxylic acids is 4. The summed E-state index contributed by atoms with van der Waals surface area (Å²) in [5.41, 5.74) is -0.991. The number of carbonyl (C=O) groups is 9. The second kappa shape index (κ2) is 34.6. The van der Waals surface area contributed by atoms with Crippen LogP contribution < -0.4 is 34.9 Å². The number of carboxylic acid groups (broad SMARTS) is 4. The van der Waals surface area contributed by atoms with E-state index in [1.54, 1.807) is 6.92 Å². The number of nitrogens with zero attached hydrogens (tertiary/aromatic N) is 3. The van der Waals surface area contributed by atoms with Crippen LogP contribution in [0.3, 0.4) is 0 Å². The van der Waals surface area contributed by atoms with Crippen molar-refractivity contribution < 1.29 is 87.3 Å². The number of methoxy groups -OCH3 is 4. The maximum Gasteiger partial charge on any atom is 0.339 e. The Morgan fingerprint density at radius 3 is 1.06 bits per heavy atom. The van der Waals surface area contributed by atoms with Crippen molar-refractivity contribution in [3.05, 3.63) is 117 Å². The summed E-state index contributed by atoms with van der Waals surface area (Å²) in [4.78, 5) is 120. The van der Waals surface area contributed by atoms with Gasteiger partial charge in [-0.05, 0) is 68.3 Å². The molecule has 436 valence electrons. The lowest BCUT2D eigenvalue weighted by Crippen LogP contribution is -2.46. The van der Waals surface area contributed by atoms with E-state index in [0.29, 0.717) is 19.3 Å². The van der Waals surface area contributed by atoms with E-state index in [1.165, 1.54) is 106 Å². The molecule has 0 aliphatic heterocycles. The van der Waals surface area contributed by atoms with Crippen molar-refractivity contribution >= 4 is 78.3 Å². The molecule has 0 heterocycles. The van der Waals surface area contributed by atoms with Gasteiger partial charge in [0.15, 0.2) is 0 Å². The van der Waals surface area contributed by atoms with Gasteiger partial charge < -0.3 is 65.0 Å². The highest BCUT2D eigenvalue weighted by Gasteiger charge is 2.26. The Morgan fingerprint density at radius 2 is 0.725 bits per heavy atom. The van der Waals surface area contributed by atoms with E-state index in [2.05, 4.69) is 16.0 Å². The molecule has 0 saturated carbocycles. The van der Waals surface area contributed by atoms with Crippen LogP contribution in [0.2, 0.25) is 0 Å². The van der Waals surface area contributed by atoms with Crippen LogP contribution in [0.1, 0.15) is 115 Å². The Kier molecular flexibility index (Phi) is 29.4. The first-order valence-corrected chi connectivity index (χ1v) is 24.8. The quantitative estimate of drug-likeness (QED) is 0.0244. The van der Waals surface area contributed by atoms with Gasteiger partial charge in [0.25, 0.3) is 23.6 Å². The van der Waals surface area contributed by atoms with E-state index in [1.807, 2.05) is 9.80 Å². The lowest BCUT2D eigenvalue weighted by Gasteiger charge is -2.31. The normalized spacial score (nSPS) is 10.5. The summed E-state index contributed by atoms with van der Waals surface area (Å²) in [6, 6.07) is 16.5. The summed E-state index contributed by atoms with van der Waals surface area (Å²) in [7, 11) is 4.98. The lowest BCUT2D eigenvalue weighted by atomic mass is 10.1. The van der Waals surface area contributed by atoms with E-state index >= 15 is 0 Å². The largest absolute Gasteiger partial charge is 0.495 e. The SMILES string of the molecule is CCOC(=O)CCCCCN(CCN(CCNC(=O)c1cccc(C(=O)O)c1OC)CCN(CCNC(=O)c1cccc(C(=O)O)c1OC)CCNC(=O)c1cccc(C(=O)O)c1OC)C(=O)c1cccc(C(=O)O)c1OC.Cl.Cl. The number of esters is 1. The van der Waals surface area contributed by atoms with Crippen LogP contribution in [0.25, 0.3) is 0 Å². The molecule has 0 saturated heterocycles. The van der Waals surface area contributed by atoms with Gasteiger partial charge in [-0.15, -0.1) is 24.8 Å². The predicted octanol–water partition coefficient (Wildman–Crippen LogP) is 4.82. The molecule has 0 spiro atoms. The molecular formula is C54H68Cl2N6O18. The Bertz CT molecular complexity index is 2720. The fourth-order valence-corrected chi connectivity index (χ4v) is 8.36. The molecule has 4 aromatic rings. The highest BCUT2D eigenvalue weighted by atomic mass is 35.5. The number of aromatic carboxylic acids is 4. The number of para-hydroxylation sites is 4. The first-order chi connectivity index (χ1) is 37.4. The van der Waals surface area contributed by atoms with E-state index in [-0.39, 0.29) is 183 Å². The lowest BCUT2D eigenvalue weighted by molar-refractivity contribution is -0.143. The van der Waals surface area contributed by atoms with E-state index in [9.17, 15) is 63.6 Å². The summed E-state index contributed by atoms with van der Waals surface area (Å²) in [6.45, 7) is 3.23.